The predicted octanol–water partition coefficient (Wildman–Crippen LogP) is 9.43. The van der Waals surface area contributed by atoms with Crippen LogP contribution in [-0.2, 0) is 0 Å². The summed E-state index contributed by atoms with van der Waals surface area (Å²) in [5.41, 5.74) is 0. The van der Waals surface area contributed by atoms with E-state index in [-0.39, 0.29) is 0 Å². The van der Waals surface area contributed by atoms with Gasteiger partial charge in [0.25, 0.3) is 0 Å². The Hall–Kier alpha value is 0.320. The molecule has 0 aliphatic rings. The van der Waals surface area contributed by atoms with E-state index in [1.807, 2.05) is 0 Å². The maximum absolute atomic E-state index is 5.68. The lowest BCUT2D eigenvalue weighted by atomic mass is 10.1. The van der Waals surface area contributed by atoms with Crippen molar-refractivity contribution in [2.24, 2.45) is 0 Å². The molecule has 0 saturated carbocycles. The fraction of sp³-hybridized carbons (Fsp3) is 0.913. The van der Waals surface area contributed by atoms with Crippen LogP contribution in [0.5, 0.6) is 0 Å². The SMILES string of the molecule is ClCCCCCCCCCCC=CCCCCCCCCCCCCl. The van der Waals surface area contributed by atoms with Crippen molar-refractivity contribution in [2.75, 3.05) is 11.8 Å². The Morgan fingerprint density at radius 2 is 0.560 bits per heavy atom. The molecule has 0 radical (unpaired) electrons. The van der Waals surface area contributed by atoms with E-state index in [0.29, 0.717) is 0 Å². The minimum atomic E-state index is 0.835. The van der Waals surface area contributed by atoms with Gasteiger partial charge in [-0.3, -0.25) is 0 Å². The van der Waals surface area contributed by atoms with Crippen LogP contribution >= 0.6 is 23.2 Å². The van der Waals surface area contributed by atoms with Crippen LogP contribution in [0.4, 0.5) is 0 Å². The molecule has 0 nitrogen and oxygen atoms in total. The second kappa shape index (κ2) is 24.3. The Morgan fingerprint density at radius 3 is 0.840 bits per heavy atom. The Labute approximate surface area is 169 Å². The number of unbranched alkanes of at least 4 members (excludes halogenated alkanes) is 17. The second-order valence-corrected chi connectivity index (χ2v) is 8.19. The molecule has 150 valence electrons. The van der Waals surface area contributed by atoms with Crippen molar-refractivity contribution in [2.45, 2.75) is 122 Å². The van der Waals surface area contributed by atoms with Crippen LogP contribution in [0.2, 0.25) is 0 Å². The van der Waals surface area contributed by atoms with E-state index in [0.717, 1.165) is 11.8 Å². The van der Waals surface area contributed by atoms with E-state index in [2.05, 4.69) is 12.2 Å². The van der Waals surface area contributed by atoms with E-state index in [1.165, 1.54) is 122 Å². The number of hydrogen-bond acceptors (Lipinski definition) is 0. The molecule has 0 aliphatic heterocycles. The van der Waals surface area contributed by atoms with Gasteiger partial charge in [0.15, 0.2) is 0 Å². The maximum Gasteiger partial charge on any atom is 0.0223 e. The monoisotopic (exact) mass is 390 g/mol. The topological polar surface area (TPSA) is 0 Å². The average molecular weight is 392 g/mol. The quantitative estimate of drug-likeness (QED) is 0.104. The molecule has 0 N–H and O–H groups in total. The van der Waals surface area contributed by atoms with Crippen LogP contribution in [-0.4, -0.2) is 11.8 Å². The van der Waals surface area contributed by atoms with Gasteiger partial charge in [-0.15, -0.1) is 23.2 Å². The van der Waals surface area contributed by atoms with Crippen molar-refractivity contribution in [3.8, 4) is 0 Å². The fourth-order valence-electron chi connectivity index (χ4n) is 3.25. The zero-order valence-electron chi connectivity index (χ0n) is 16.8. The van der Waals surface area contributed by atoms with Gasteiger partial charge in [0.05, 0.1) is 0 Å². The largest absolute Gasteiger partial charge is 0.127 e. The predicted molar refractivity (Wildman–Crippen MR) is 118 cm³/mol. The third kappa shape index (κ3) is 24.3. The van der Waals surface area contributed by atoms with E-state index in [9.17, 15) is 0 Å². The minimum Gasteiger partial charge on any atom is -0.127 e. The molecule has 2 heteroatoms. The highest BCUT2D eigenvalue weighted by Crippen LogP contribution is 2.12. The van der Waals surface area contributed by atoms with E-state index in [4.69, 9.17) is 23.2 Å². The summed E-state index contributed by atoms with van der Waals surface area (Å²) in [6.45, 7) is 0. The highest BCUT2D eigenvalue weighted by Gasteiger charge is 1.93. The number of hydrogen-bond donors (Lipinski definition) is 0. The van der Waals surface area contributed by atoms with Crippen molar-refractivity contribution in [3.63, 3.8) is 0 Å². The van der Waals surface area contributed by atoms with Gasteiger partial charge >= 0.3 is 0 Å². The number of alkyl halides is 2. The summed E-state index contributed by atoms with van der Waals surface area (Å²) in [5, 5.41) is 0. The average Bonchev–Trinajstić information content (AvgIpc) is 2.63. The second-order valence-electron chi connectivity index (χ2n) is 7.44. The number of rotatable bonds is 21. The normalized spacial score (nSPS) is 11.6. The summed E-state index contributed by atoms with van der Waals surface area (Å²) < 4.78 is 0. The van der Waals surface area contributed by atoms with Gasteiger partial charge in [-0.05, 0) is 38.5 Å². The zero-order valence-corrected chi connectivity index (χ0v) is 18.3. The van der Waals surface area contributed by atoms with Crippen molar-refractivity contribution < 1.29 is 0 Å². The molecule has 0 heterocycles. The number of halogens is 2. The van der Waals surface area contributed by atoms with Crippen molar-refractivity contribution >= 4 is 23.2 Å². The summed E-state index contributed by atoms with van der Waals surface area (Å²) in [6.07, 6.45) is 30.7. The first-order chi connectivity index (χ1) is 12.4. The Morgan fingerprint density at radius 1 is 0.320 bits per heavy atom. The molecule has 0 amide bonds. The fourth-order valence-corrected chi connectivity index (χ4v) is 3.63. The standard InChI is InChI=1S/C23H44Cl2/c24-22-20-18-16-14-12-10-8-6-4-2-1-3-5-7-9-11-13-15-17-19-21-23-25/h1-2H,3-23H2. The summed E-state index contributed by atoms with van der Waals surface area (Å²) in [7, 11) is 0. The Balaban J connectivity index is 3.04. The van der Waals surface area contributed by atoms with Crippen LogP contribution in [0.3, 0.4) is 0 Å². The summed E-state index contributed by atoms with van der Waals surface area (Å²) >= 11 is 11.4. The smallest absolute Gasteiger partial charge is 0.0223 e. The van der Waals surface area contributed by atoms with Crippen molar-refractivity contribution in [3.05, 3.63) is 12.2 Å². The third-order valence-corrected chi connectivity index (χ3v) is 5.46. The van der Waals surface area contributed by atoms with Gasteiger partial charge in [0.2, 0.25) is 0 Å². The van der Waals surface area contributed by atoms with Gasteiger partial charge in [0, 0.05) is 11.8 Å². The van der Waals surface area contributed by atoms with Crippen LogP contribution in [0.1, 0.15) is 122 Å². The molecule has 0 aromatic rings. The van der Waals surface area contributed by atoms with Crippen LogP contribution in [0.15, 0.2) is 12.2 Å². The molecule has 0 saturated heterocycles. The highest BCUT2D eigenvalue weighted by atomic mass is 35.5. The lowest BCUT2D eigenvalue weighted by Crippen LogP contribution is -1.82. The summed E-state index contributed by atoms with van der Waals surface area (Å²) in [5.74, 6) is 1.67. The van der Waals surface area contributed by atoms with Crippen molar-refractivity contribution in [1.82, 2.24) is 0 Å². The molecule has 0 spiro atoms. The van der Waals surface area contributed by atoms with Gasteiger partial charge in [-0.1, -0.05) is 95.6 Å². The summed E-state index contributed by atoms with van der Waals surface area (Å²) in [4.78, 5) is 0. The lowest BCUT2D eigenvalue weighted by Gasteiger charge is -2.01. The molecular weight excluding hydrogens is 347 g/mol. The first-order valence-corrected chi connectivity index (χ1v) is 12.3. The number of allylic oxidation sites excluding steroid dienone is 2. The molecule has 0 fully saturated rings. The molecule has 0 aromatic carbocycles. The Bertz CT molecular complexity index is 250. The molecular formula is C23H44Cl2. The molecule has 0 aliphatic carbocycles. The molecule has 0 aromatic heterocycles. The molecule has 25 heavy (non-hydrogen) atoms. The van der Waals surface area contributed by atoms with E-state index >= 15 is 0 Å². The molecule has 0 bridgehead atoms. The van der Waals surface area contributed by atoms with E-state index < -0.39 is 0 Å². The molecule has 0 unspecified atom stereocenters. The molecule has 0 atom stereocenters. The lowest BCUT2D eigenvalue weighted by molar-refractivity contribution is 0.566. The first kappa shape index (κ1) is 25.3. The van der Waals surface area contributed by atoms with Crippen LogP contribution < -0.4 is 0 Å². The van der Waals surface area contributed by atoms with Gasteiger partial charge in [0.1, 0.15) is 0 Å². The summed E-state index contributed by atoms with van der Waals surface area (Å²) in [6, 6.07) is 0. The highest BCUT2D eigenvalue weighted by molar-refractivity contribution is 6.18. The van der Waals surface area contributed by atoms with E-state index in [1.54, 1.807) is 0 Å². The molecule has 0 rings (SSSR count). The van der Waals surface area contributed by atoms with Crippen LogP contribution in [0.25, 0.3) is 0 Å². The van der Waals surface area contributed by atoms with Gasteiger partial charge < -0.3 is 0 Å². The maximum atomic E-state index is 5.68. The zero-order chi connectivity index (χ0) is 18.3. The third-order valence-electron chi connectivity index (χ3n) is 4.93. The minimum absolute atomic E-state index is 0.835. The Kier molecular flexibility index (Phi) is 24.6. The first-order valence-electron chi connectivity index (χ1n) is 11.2. The van der Waals surface area contributed by atoms with Gasteiger partial charge in [-0.25, -0.2) is 0 Å². The van der Waals surface area contributed by atoms with Crippen molar-refractivity contribution in [1.29, 1.82) is 0 Å². The van der Waals surface area contributed by atoms with Crippen LogP contribution in [0, 0.1) is 0 Å². The van der Waals surface area contributed by atoms with Gasteiger partial charge in [-0.2, -0.15) is 0 Å².